The highest BCUT2D eigenvalue weighted by atomic mass is 16.4. The van der Waals surface area contributed by atoms with Crippen LogP contribution in [0, 0.1) is 5.92 Å². The van der Waals surface area contributed by atoms with Gasteiger partial charge in [-0.3, -0.25) is 4.79 Å². The van der Waals surface area contributed by atoms with Gasteiger partial charge in [-0.05, 0) is 36.8 Å². The molecule has 0 radical (unpaired) electrons. The largest absolute Gasteiger partial charge is 0.465 e. The molecule has 0 aliphatic heterocycles. The maximum absolute atomic E-state index is 12.8. The third kappa shape index (κ3) is 7.80. The molecule has 0 aliphatic carbocycles. The first-order valence-electron chi connectivity index (χ1n) is 9.63. The van der Waals surface area contributed by atoms with Crippen LogP contribution < -0.4 is 16.4 Å². The van der Waals surface area contributed by atoms with Crippen molar-refractivity contribution in [1.82, 2.24) is 10.6 Å². The second kappa shape index (κ2) is 11.8. The molecule has 0 bridgehead atoms. The molecule has 0 aromatic heterocycles. The molecule has 6 heteroatoms. The first-order chi connectivity index (χ1) is 13.6. The number of carbonyl (C=O) groups excluding carboxylic acids is 1. The summed E-state index contributed by atoms with van der Waals surface area (Å²) in [6.45, 7) is 0.320. The Kier molecular flexibility index (Phi) is 9.01. The fourth-order valence-electron chi connectivity index (χ4n) is 3.11. The SMILES string of the molecule is NC[C@@H](CNC(=O)C(CCc1ccccc1)CCc1ccccc1)NC(=O)O. The molecule has 0 heterocycles. The maximum atomic E-state index is 12.8. The van der Waals surface area contributed by atoms with Gasteiger partial charge in [-0.2, -0.15) is 0 Å². The van der Waals surface area contributed by atoms with Crippen LogP contribution in [0.15, 0.2) is 60.7 Å². The number of nitrogens with two attached hydrogens (primary N) is 1. The van der Waals surface area contributed by atoms with Gasteiger partial charge in [-0.15, -0.1) is 0 Å². The van der Waals surface area contributed by atoms with E-state index in [0.29, 0.717) is 0 Å². The smallest absolute Gasteiger partial charge is 0.404 e. The van der Waals surface area contributed by atoms with Crippen molar-refractivity contribution >= 4 is 12.0 Å². The number of carbonyl (C=O) groups is 2. The lowest BCUT2D eigenvalue weighted by atomic mass is 9.92. The topological polar surface area (TPSA) is 104 Å². The summed E-state index contributed by atoms with van der Waals surface area (Å²) in [6, 6.07) is 19.7. The van der Waals surface area contributed by atoms with Crippen molar-refractivity contribution < 1.29 is 14.7 Å². The number of rotatable bonds is 11. The number of aryl methyl sites for hydroxylation is 2. The quantitative estimate of drug-likeness (QED) is 0.479. The van der Waals surface area contributed by atoms with Crippen LogP contribution >= 0.6 is 0 Å². The van der Waals surface area contributed by atoms with Crippen LogP contribution in [0.3, 0.4) is 0 Å². The third-order valence-corrected chi connectivity index (χ3v) is 4.75. The molecule has 0 spiro atoms. The minimum Gasteiger partial charge on any atom is -0.465 e. The molecule has 28 heavy (non-hydrogen) atoms. The van der Waals surface area contributed by atoms with E-state index < -0.39 is 12.1 Å². The van der Waals surface area contributed by atoms with E-state index in [9.17, 15) is 9.59 Å². The molecule has 2 aromatic rings. The summed E-state index contributed by atoms with van der Waals surface area (Å²) in [5.41, 5.74) is 7.98. The third-order valence-electron chi connectivity index (χ3n) is 4.75. The molecule has 0 saturated heterocycles. The Morgan fingerprint density at radius 2 is 1.39 bits per heavy atom. The standard InChI is InChI=1S/C22H29N3O3/c23-15-20(25-22(27)28)16-24-21(26)19(13-11-17-7-3-1-4-8-17)14-12-18-9-5-2-6-10-18/h1-10,19-20,25H,11-16,23H2,(H,24,26)(H,27,28)/t20-/m0/s1. The highest BCUT2D eigenvalue weighted by molar-refractivity contribution is 5.78. The highest BCUT2D eigenvalue weighted by Crippen LogP contribution is 2.17. The molecule has 0 unspecified atom stereocenters. The van der Waals surface area contributed by atoms with Crippen LogP contribution in [0.2, 0.25) is 0 Å². The molecule has 0 fully saturated rings. The van der Waals surface area contributed by atoms with Crippen molar-refractivity contribution in [1.29, 1.82) is 0 Å². The van der Waals surface area contributed by atoms with Gasteiger partial charge in [-0.25, -0.2) is 4.79 Å². The van der Waals surface area contributed by atoms with Crippen LogP contribution in [-0.4, -0.2) is 36.2 Å². The van der Waals surface area contributed by atoms with Crippen molar-refractivity contribution in [2.45, 2.75) is 31.7 Å². The second-order valence-electron chi connectivity index (χ2n) is 6.87. The van der Waals surface area contributed by atoms with Crippen molar-refractivity contribution in [3.8, 4) is 0 Å². The predicted octanol–water partition coefficient (Wildman–Crippen LogP) is 2.58. The lowest BCUT2D eigenvalue weighted by Gasteiger charge is -2.20. The van der Waals surface area contributed by atoms with E-state index in [1.54, 1.807) is 0 Å². The molecule has 2 amide bonds. The molecule has 5 N–H and O–H groups in total. The van der Waals surface area contributed by atoms with E-state index in [-0.39, 0.29) is 24.9 Å². The van der Waals surface area contributed by atoms with Crippen LogP contribution in [-0.2, 0) is 17.6 Å². The monoisotopic (exact) mass is 383 g/mol. The minimum absolute atomic E-state index is 0.0579. The predicted molar refractivity (Wildman–Crippen MR) is 110 cm³/mol. The Morgan fingerprint density at radius 3 is 1.82 bits per heavy atom. The van der Waals surface area contributed by atoms with Gasteiger partial charge < -0.3 is 21.5 Å². The van der Waals surface area contributed by atoms with Crippen molar-refractivity contribution in [3.63, 3.8) is 0 Å². The molecule has 6 nitrogen and oxygen atoms in total. The van der Waals surface area contributed by atoms with Crippen LogP contribution in [0.1, 0.15) is 24.0 Å². The zero-order chi connectivity index (χ0) is 20.2. The Labute approximate surface area is 166 Å². The molecular weight excluding hydrogens is 354 g/mol. The second-order valence-corrected chi connectivity index (χ2v) is 6.87. The van der Waals surface area contributed by atoms with Gasteiger partial charge in [0.1, 0.15) is 0 Å². The zero-order valence-corrected chi connectivity index (χ0v) is 16.0. The summed E-state index contributed by atoms with van der Waals surface area (Å²) in [4.78, 5) is 23.6. The molecule has 1 atom stereocenters. The van der Waals surface area contributed by atoms with E-state index in [0.717, 1.165) is 25.7 Å². The first-order valence-corrected chi connectivity index (χ1v) is 9.63. The van der Waals surface area contributed by atoms with E-state index in [1.165, 1.54) is 11.1 Å². The van der Waals surface area contributed by atoms with Gasteiger partial charge in [0.2, 0.25) is 5.91 Å². The molecule has 0 saturated carbocycles. The summed E-state index contributed by atoms with van der Waals surface area (Å²) in [5, 5.41) is 14.0. The van der Waals surface area contributed by atoms with Crippen LogP contribution in [0.25, 0.3) is 0 Å². The zero-order valence-electron chi connectivity index (χ0n) is 16.0. The Morgan fingerprint density at radius 1 is 0.893 bits per heavy atom. The average Bonchev–Trinajstić information content (AvgIpc) is 2.72. The number of benzene rings is 2. The number of hydrogen-bond donors (Lipinski definition) is 4. The highest BCUT2D eigenvalue weighted by Gasteiger charge is 2.20. The average molecular weight is 383 g/mol. The van der Waals surface area contributed by atoms with Crippen LogP contribution in [0.4, 0.5) is 4.79 Å². The molecular formula is C22H29N3O3. The molecule has 2 aromatic carbocycles. The summed E-state index contributed by atoms with van der Waals surface area (Å²) >= 11 is 0. The summed E-state index contributed by atoms with van der Waals surface area (Å²) < 4.78 is 0. The lowest BCUT2D eigenvalue weighted by Crippen LogP contribution is -2.48. The van der Waals surface area contributed by atoms with Gasteiger partial charge >= 0.3 is 6.09 Å². The molecule has 2 rings (SSSR count). The summed E-state index contributed by atoms with van der Waals surface area (Å²) in [6.07, 6.45) is 1.97. The van der Waals surface area contributed by atoms with Gasteiger partial charge in [-0.1, -0.05) is 60.7 Å². The first kappa shape index (κ1) is 21.4. The van der Waals surface area contributed by atoms with Gasteiger partial charge in [0, 0.05) is 19.0 Å². The normalized spacial score (nSPS) is 11.8. The van der Waals surface area contributed by atoms with Crippen molar-refractivity contribution in [3.05, 3.63) is 71.8 Å². The van der Waals surface area contributed by atoms with Crippen molar-refractivity contribution in [2.75, 3.05) is 13.1 Å². The molecule has 150 valence electrons. The lowest BCUT2D eigenvalue weighted by molar-refractivity contribution is -0.125. The van der Waals surface area contributed by atoms with Gasteiger partial charge in [0.25, 0.3) is 0 Å². The van der Waals surface area contributed by atoms with Gasteiger partial charge in [0.05, 0.1) is 6.04 Å². The molecule has 0 aliphatic rings. The van der Waals surface area contributed by atoms with Crippen LogP contribution in [0.5, 0.6) is 0 Å². The van der Waals surface area contributed by atoms with E-state index in [1.807, 2.05) is 36.4 Å². The summed E-state index contributed by atoms with van der Waals surface area (Å²) in [7, 11) is 0. The Hall–Kier alpha value is -2.86. The van der Waals surface area contributed by atoms with Crippen molar-refractivity contribution in [2.24, 2.45) is 11.7 Å². The van der Waals surface area contributed by atoms with E-state index >= 15 is 0 Å². The number of nitrogens with one attached hydrogen (secondary N) is 2. The van der Waals surface area contributed by atoms with Gasteiger partial charge in [0.15, 0.2) is 0 Å². The fourth-order valence-corrected chi connectivity index (χ4v) is 3.11. The maximum Gasteiger partial charge on any atom is 0.404 e. The van der Waals surface area contributed by atoms with E-state index in [4.69, 9.17) is 10.8 Å². The Balaban J connectivity index is 1.94. The number of hydrogen-bond acceptors (Lipinski definition) is 3. The number of carboxylic acid groups (broad SMARTS) is 1. The number of amides is 2. The van der Waals surface area contributed by atoms with E-state index in [2.05, 4.69) is 34.9 Å². The minimum atomic E-state index is -1.14. The summed E-state index contributed by atoms with van der Waals surface area (Å²) in [5.74, 6) is -0.207. The Bertz CT molecular complexity index is 679. The fraction of sp³-hybridized carbons (Fsp3) is 0.364.